The maximum Gasteiger partial charge on any atom is 0.270 e. The molecule has 0 aliphatic carbocycles. The normalized spacial score (nSPS) is 24.6. The quantitative estimate of drug-likeness (QED) is 0.606. The molecule has 0 rings (SSSR count). The van der Waals surface area contributed by atoms with E-state index in [-0.39, 0.29) is 0 Å². The lowest BCUT2D eigenvalue weighted by Gasteiger charge is -2.31. The Morgan fingerprint density at radius 3 is 1.86 bits per heavy atom. The van der Waals surface area contributed by atoms with Crippen molar-refractivity contribution in [3.63, 3.8) is 0 Å². The first-order chi connectivity index (χ1) is 5.97. The molecule has 0 fully saturated rings. The zero-order chi connectivity index (χ0) is 11.6. The molecule has 0 heterocycles. The van der Waals surface area contributed by atoms with E-state index in [1.165, 1.54) is 0 Å². The summed E-state index contributed by atoms with van der Waals surface area (Å²) in [7, 11) is -4.87. The summed E-state index contributed by atoms with van der Waals surface area (Å²) in [5.74, 6) is 0. The molecule has 0 radical (unpaired) electrons. The lowest BCUT2D eigenvalue weighted by Crippen LogP contribution is -2.08. The highest BCUT2D eigenvalue weighted by Gasteiger charge is 2.23. The number of hydrogen-bond acceptors (Lipinski definition) is 9. The van der Waals surface area contributed by atoms with Gasteiger partial charge in [-0.3, -0.25) is 18.0 Å². The summed E-state index contributed by atoms with van der Waals surface area (Å²) in [6, 6.07) is 0. The first-order valence-corrected chi connectivity index (χ1v) is 9.22. The lowest BCUT2D eigenvalue weighted by molar-refractivity contribution is -0.224. The van der Waals surface area contributed by atoms with Gasteiger partial charge in [0.05, 0.1) is 0 Å². The van der Waals surface area contributed by atoms with Gasteiger partial charge >= 0.3 is 0 Å². The average molecular weight is 285 g/mol. The minimum atomic E-state index is -5.55. The van der Waals surface area contributed by atoms with Crippen molar-refractivity contribution in [1.29, 1.82) is 0 Å². The number of phosphoric acid groups is 1. The van der Waals surface area contributed by atoms with Gasteiger partial charge in [0.2, 0.25) is 6.80 Å². The molecule has 14 heavy (non-hydrogen) atoms. The fourth-order valence-electron chi connectivity index (χ4n) is 0.297. The Hall–Kier alpha value is 0.800. The summed E-state index contributed by atoms with van der Waals surface area (Å²) >= 11 is -0.846. The van der Waals surface area contributed by atoms with Crippen molar-refractivity contribution >= 4 is 32.4 Å². The van der Waals surface area contributed by atoms with Crippen LogP contribution in [-0.4, -0.2) is 12.0 Å². The van der Waals surface area contributed by atoms with Crippen LogP contribution in [0.4, 0.5) is 0 Å². The van der Waals surface area contributed by atoms with E-state index in [2.05, 4.69) is 8.83 Å². The molecule has 0 bridgehead atoms. The van der Waals surface area contributed by atoms with Gasteiger partial charge in [0.15, 0.2) is 6.80 Å². The van der Waals surface area contributed by atoms with E-state index in [1.807, 2.05) is 0 Å². The summed E-state index contributed by atoms with van der Waals surface area (Å²) < 4.78 is 38.0. The highest BCUT2D eigenvalue weighted by Crippen LogP contribution is 2.73. The minimum absolute atomic E-state index is 0.677. The number of rotatable bonds is 5. The van der Waals surface area contributed by atoms with E-state index in [9.17, 15) is 28.4 Å². The van der Waals surface area contributed by atoms with Crippen molar-refractivity contribution in [3.05, 3.63) is 0 Å². The molecule has 0 saturated carbocycles. The van der Waals surface area contributed by atoms with Crippen molar-refractivity contribution in [1.82, 2.24) is 0 Å². The van der Waals surface area contributed by atoms with E-state index >= 15 is 0 Å². The monoisotopic (exact) mass is 285 g/mol. The Kier molecular flexibility index (Phi) is 5.03. The van der Waals surface area contributed by atoms with E-state index in [0.717, 1.165) is 0 Å². The van der Waals surface area contributed by atoms with Crippen LogP contribution in [0.25, 0.3) is 0 Å². The highest BCUT2D eigenvalue weighted by atomic mass is 33.1. The second-order valence-corrected chi connectivity index (χ2v) is 10.3. The van der Waals surface area contributed by atoms with Gasteiger partial charge in [-0.1, -0.05) is 0 Å². The molecular formula is CH4O9P3S-3. The molecule has 3 unspecified atom stereocenters. The molecule has 0 aliphatic heterocycles. The van der Waals surface area contributed by atoms with Gasteiger partial charge in [-0.25, -0.2) is 0 Å². The molecule has 13 heteroatoms. The predicted octanol–water partition coefficient (Wildman–Crippen LogP) is -1.22. The summed E-state index contributed by atoms with van der Waals surface area (Å²) in [4.78, 5) is 39.1. The van der Waals surface area contributed by atoms with Gasteiger partial charge < -0.3 is 24.1 Å². The maximum absolute atomic E-state index is 10.6. The van der Waals surface area contributed by atoms with Crippen LogP contribution >= 0.6 is 32.4 Å². The highest BCUT2D eigenvalue weighted by molar-refractivity contribution is 8.84. The average Bonchev–Trinajstić information content (AvgIpc) is 1.78. The van der Waals surface area contributed by atoms with E-state index in [4.69, 9.17) is 4.89 Å². The van der Waals surface area contributed by atoms with Gasteiger partial charge in [0.1, 0.15) is 0 Å². The fraction of sp³-hybridized carbons (Fsp3) is 1.00. The van der Waals surface area contributed by atoms with E-state index in [0.29, 0.717) is 7.11 Å². The van der Waals surface area contributed by atoms with Gasteiger partial charge in [0.25, 0.3) is 7.82 Å². The third-order valence-corrected chi connectivity index (χ3v) is 8.95. The predicted molar refractivity (Wildman–Crippen MR) is 40.7 cm³/mol. The summed E-state index contributed by atoms with van der Waals surface area (Å²) in [6.45, 7) is -10.1. The van der Waals surface area contributed by atoms with Crippen LogP contribution in [0.2, 0.25) is 0 Å². The Bertz CT molecular complexity index is 329. The van der Waals surface area contributed by atoms with Crippen molar-refractivity contribution < 1.29 is 42.1 Å². The lowest BCUT2D eigenvalue weighted by atomic mass is 11.8. The molecule has 3 atom stereocenters. The summed E-state index contributed by atoms with van der Waals surface area (Å²) in [5, 5.41) is 0. The van der Waals surface area contributed by atoms with Crippen LogP contribution < -0.4 is 14.7 Å². The molecular weight excluding hydrogens is 281 g/mol. The minimum Gasteiger partial charge on any atom is -0.770 e. The van der Waals surface area contributed by atoms with Crippen LogP contribution in [0.3, 0.4) is 0 Å². The molecule has 0 aromatic rings. The smallest absolute Gasteiger partial charge is 0.270 e. The first-order valence-electron chi connectivity index (χ1n) is 2.62. The Morgan fingerprint density at radius 2 is 1.57 bits per heavy atom. The van der Waals surface area contributed by atoms with Gasteiger partial charge in [-0.15, -0.1) is 0 Å². The third-order valence-electron chi connectivity index (χ3n) is 0.627. The Morgan fingerprint density at radius 1 is 1.14 bits per heavy atom. The molecule has 0 aliphatic rings. The van der Waals surface area contributed by atoms with E-state index in [1.54, 1.807) is 0 Å². The van der Waals surface area contributed by atoms with Gasteiger partial charge in [0, 0.05) is 7.11 Å². The molecule has 86 valence electrons. The molecule has 9 nitrogen and oxygen atoms in total. The second-order valence-electron chi connectivity index (χ2n) is 1.71. The molecule has 1 N–H and O–H groups in total. The van der Waals surface area contributed by atoms with E-state index < -0.39 is 32.4 Å². The molecule has 0 aromatic heterocycles. The van der Waals surface area contributed by atoms with Gasteiger partial charge in [-0.2, -0.15) is 0 Å². The number of hydrogen-bond donors (Lipinski definition) is 1. The molecule has 0 amide bonds. The molecule has 0 aromatic carbocycles. The van der Waals surface area contributed by atoms with Crippen LogP contribution in [0, 0.1) is 0 Å². The van der Waals surface area contributed by atoms with Crippen LogP contribution in [-0.2, 0) is 22.5 Å². The SMILES string of the molecule is COP(=O)([O-])SP(=O)([O-])OP(=O)([O-])O. The zero-order valence-electron chi connectivity index (χ0n) is 6.46. The summed E-state index contributed by atoms with van der Waals surface area (Å²) in [6.07, 6.45) is 0. The maximum atomic E-state index is 10.6. The van der Waals surface area contributed by atoms with Crippen molar-refractivity contribution in [2.75, 3.05) is 7.11 Å². The van der Waals surface area contributed by atoms with Crippen LogP contribution in [0.1, 0.15) is 0 Å². The molecule has 0 saturated heterocycles. The largest absolute Gasteiger partial charge is 0.770 e. The Labute approximate surface area is 82.2 Å². The van der Waals surface area contributed by atoms with Crippen molar-refractivity contribution in [3.8, 4) is 0 Å². The topological polar surface area (TPSA) is 159 Å². The van der Waals surface area contributed by atoms with Gasteiger partial charge in [-0.05, 0) is 11.0 Å². The zero-order valence-corrected chi connectivity index (χ0v) is 9.96. The fourth-order valence-corrected chi connectivity index (χ4v) is 7.31. The second kappa shape index (κ2) is 4.76. The Balaban J connectivity index is 4.60. The van der Waals surface area contributed by atoms with Crippen LogP contribution in [0.5, 0.6) is 0 Å². The standard InChI is InChI=1S/CH7O9P3S/c1-9-12(5,6)14-13(7,8)10-11(2,3)4/h1H3,(H,5,6)(H,7,8)(H2,2,3,4)/p-3. The third kappa shape index (κ3) is 7.14. The van der Waals surface area contributed by atoms with Crippen LogP contribution in [0.15, 0.2) is 0 Å². The first kappa shape index (κ1) is 14.8. The van der Waals surface area contributed by atoms with Crippen molar-refractivity contribution in [2.24, 2.45) is 0 Å². The van der Waals surface area contributed by atoms with Crippen molar-refractivity contribution in [2.45, 2.75) is 0 Å². The summed E-state index contributed by atoms with van der Waals surface area (Å²) in [5.41, 5.74) is 0. The molecule has 0 spiro atoms.